The predicted octanol–water partition coefficient (Wildman–Crippen LogP) is 3.62. The summed E-state index contributed by atoms with van der Waals surface area (Å²) in [4.78, 5) is 13.2. The van der Waals surface area contributed by atoms with E-state index in [1.807, 2.05) is 30.9 Å². The highest BCUT2D eigenvalue weighted by molar-refractivity contribution is 5.46. The van der Waals surface area contributed by atoms with Gasteiger partial charge in [0, 0.05) is 43.2 Å². The van der Waals surface area contributed by atoms with Crippen LogP contribution in [0.15, 0.2) is 30.6 Å². The normalized spacial score (nSPS) is 15.8. The maximum Gasteiger partial charge on any atom is 0.451 e. The number of pyridine rings is 1. The molecule has 0 aromatic carbocycles. The van der Waals surface area contributed by atoms with Crippen LogP contribution >= 0.6 is 0 Å². The lowest BCUT2D eigenvalue weighted by molar-refractivity contribution is -0.145. The van der Waals surface area contributed by atoms with Crippen LogP contribution in [0, 0.1) is 0 Å². The number of rotatable bonds is 3. The number of hydrogen-bond donors (Lipinski definition) is 0. The van der Waals surface area contributed by atoms with E-state index in [4.69, 9.17) is 0 Å². The Hall–Kier alpha value is -2.18. The van der Waals surface area contributed by atoms with E-state index in [2.05, 4.69) is 15.0 Å². The van der Waals surface area contributed by atoms with Crippen molar-refractivity contribution in [2.75, 3.05) is 18.0 Å². The van der Waals surface area contributed by atoms with Crippen LogP contribution < -0.4 is 4.90 Å². The molecule has 7 heteroatoms. The third-order valence-corrected chi connectivity index (χ3v) is 3.96. The number of aromatic nitrogens is 3. The second-order valence-corrected chi connectivity index (χ2v) is 6.01. The molecule has 3 rings (SSSR count). The Morgan fingerprint density at radius 1 is 1.13 bits per heavy atom. The molecule has 23 heavy (non-hydrogen) atoms. The first-order chi connectivity index (χ1) is 10.8. The van der Waals surface area contributed by atoms with Crippen molar-refractivity contribution in [3.05, 3.63) is 47.7 Å². The quantitative estimate of drug-likeness (QED) is 0.865. The molecule has 1 aliphatic rings. The molecule has 0 spiro atoms. The van der Waals surface area contributed by atoms with Crippen LogP contribution in [0.5, 0.6) is 0 Å². The first kappa shape index (κ1) is 15.7. The zero-order valence-corrected chi connectivity index (χ0v) is 12.9. The Kier molecular flexibility index (Phi) is 3.95. The zero-order chi connectivity index (χ0) is 16.6. The van der Waals surface area contributed by atoms with Crippen LogP contribution in [-0.4, -0.2) is 28.0 Å². The van der Waals surface area contributed by atoms with Crippen molar-refractivity contribution in [3.63, 3.8) is 0 Å². The highest BCUT2D eigenvalue weighted by atomic mass is 19.4. The topological polar surface area (TPSA) is 41.9 Å². The third-order valence-electron chi connectivity index (χ3n) is 3.96. The maximum absolute atomic E-state index is 13.0. The third kappa shape index (κ3) is 3.28. The minimum absolute atomic E-state index is 0.0879. The number of anilines is 1. The second-order valence-electron chi connectivity index (χ2n) is 6.01. The number of halogens is 3. The maximum atomic E-state index is 13.0. The lowest BCUT2D eigenvalue weighted by atomic mass is 9.92. The van der Waals surface area contributed by atoms with Crippen LogP contribution in [0.3, 0.4) is 0 Å². The molecule has 3 heterocycles. The van der Waals surface area contributed by atoms with Gasteiger partial charge in [-0.3, -0.25) is 4.98 Å². The molecule has 0 aliphatic carbocycles. The minimum atomic E-state index is -4.53. The lowest BCUT2D eigenvalue weighted by Crippen LogP contribution is -2.45. The summed E-state index contributed by atoms with van der Waals surface area (Å²) in [6.45, 7) is 4.94. The fraction of sp³-hybridized carbons (Fsp3) is 0.438. The van der Waals surface area contributed by atoms with Gasteiger partial charge in [-0.15, -0.1) is 0 Å². The van der Waals surface area contributed by atoms with Crippen LogP contribution in [0.2, 0.25) is 0 Å². The minimum Gasteiger partial charge on any atom is -0.355 e. The van der Waals surface area contributed by atoms with Gasteiger partial charge in [-0.1, -0.05) is 13.8 Å². The van der Waals surface area contributed by atoms with Gasteiger partial charge in [-0.05, 0) is 23.6 Å². The predicted molar refractivity (Wildman–Crippen MR) is 80.3 cm³/mol. The van der Waals surface area contributed by atoms with Crippen molar-refractivity contribution in [2.45, 2.75) is 31.9 Å². The van der Waals surface area contributed by atoms with E-state index in [0.29, 0.717) is 30.5 Å². The molecule has 1 saturated heterocycles. The molecular weight excluding hydrogens is 305 g/mol. The smallest absolute Gasteiger partial charge is 0.355 e. The average Bonchev–Trinajstić information content (AvgIpc) is 2.45. The molecule has 1 aliphatic heterocycles. The Labute approximate surface area is 132 Å². The average molecular weight is 322 g/mol. The van der Waals surface area contributed by atoms with E-state index in [0.717, 1.165) is 5.56 Å². The summed E-state index contributed by atoms with van der Waals surface area (Å²) in [7, 11) is 0. The van der Waals surface area contributed by atoms with E-state index < -0.39 is 12.0 Å². The van der Waals surface area contributed by atoms with Gasteiger partial charge >= 0.3 is 6.18 Å². The Morgan fingerprint density at radius 3 is 2.35 bits per heavy atom. The molecule has 0 amide bonds. The van der Waals surface area contributed by atoms with Gasteiger partial charge in [-0.25, -0.2) is 9.97 Å². The van der Waals surface area contributed by atoms with Crippen LogP contribution in [0.4, 0.5) is 19.0 Å². The molecule has 0 atom stereocenters. The van der Waals surface area contributed by atoms with Crippen molar-refractivity contribution in [3.8, 4) is 0 Å². The summed E-state index contributed by atoms with van der Waals surface area (Å²) in [6.07, 6.45) is -1.09. The second kappa shape index (κ2) is 5.79. The van der Waals surface area contributed by atoms with Gasteiger partial charge in [0.1, 0.15) is 5.82 Å². The van der Waals surface area contributed by atoms with Gasteiger partial charge in [0.15, 0.2) is 0 Å². The summed E-state index contributed by atoms with van der Waals surface area (Å²) in [5, 5.41) is 0. The van der Waals surface area contributed by atoms with E-state index in [-0.39, 0.29) is 5.92 Å². The number of nitrogens with zero attached hydrogens (tertiary/aromatic N) is 4. The molecule has 0 N–H and O–H groups in total. The van der Waals surface area contributed by atoms with Crippen molar-refractivity contribution < 1.29 is 13.2 Å². The van der Waals surface area contributed by atoms with Gasteiger partial charge in [0.05, 0.1) is 0 Å². The van der Waals surface area contributed by atoms with Crippen LogP contribution in [-0.2, 0) is 6.18 Å². The summed E-state index contributed by atoms with van der Waals surface area (Å²) >= 11 is 0. The molecule has 0 unspecified atom stereocenters. The SMILES string of the molecule is CC(C)c1cc(N2CC(c3ccncc3)C2)nc(C(F)(F)F)n1. The highest BCUT2D eigenvalue weighted by Gasteiger charge is 2.37. The fourth-order valence-electron chi connectivity index (χ4n) is 2.55. The van der Waals surface area contributed by atoms with E-state index >= 15 is 0 Å². The largest absolute Gasteiger partial charge is 0.451 e. The summed E-state index contributed by atoms with van der Waals surface area (Å²) < 4.78 is 39.0. The highest BCUT2D eigenvalue weighted by Crippen LogP contribution is 2.34. The van der Waals surface area contributed by atoms with Gasteiger partial charge < -0.3 is 4.90 Å². The van der Waals surface area contributed by atoms with Crippen molar-refractivity contribution >= 4 is 5.82 Å². The molecular formula is C16H17F3N4. The molecule has 0 saturated carbocycles. The van der Waals surface area contributed by atoms with Gasteiger partial charge in [0.2, 0.25) is 5.82 Å². The number of hydrogen-bond acceptors (Lipinski definition) is 4. The molecule has 0 bridgehead atoms. The summed E-state index contributed by atoms with van der Waals surface area (Å²) in [6, 6.07) is 5.52. The summed E-state index contributed by atoms with van der Waals surface area (Å²) in [5.41, 5.74) is 1.56. The molecule has 122 valence electrons. The van der Waals surface area contributed by atoms with Crippen molar-refractivity contribution in [1.82, 2.24) is 15.0 Å². The number of alkyl halides is 3. The zero-order valence-electron chi connectivity index (χ0n) is 12.9. The van der Waals surface area contributed by atoms with Crippen molar-refractivity contribution in [1.29, 1.82) is 0 Å². The van der Waals surface area contributed by atoms with Crippen LogP contribution in [0.1, 0.15) is 42.8 Å². The molecule has 0 radical (unpaired) electrons. The van der Waals surface area contributed by atoms with E-state index in [1.165, 1.54) is 0 Å². The lowest BCUT2D eigenvalue weighted by Gasteiger charge is -2.40. The van der Waals surface area contributed by atoms with E-state index in [9.17, 15) is 13.2 Å². The first-order valence-corrected chi connectivity index (χ1v) is 7.45. The van der Waals surface area contributed by atoms with Gasteiger partial charge in [0.25, 0.3) is 0 Å². The van der Waals surface area contributed by atoms with Crippen molar-refractivity contribution in [2.24, 2.45) is 0 Å². The Bertz CT molecular complexity index is 679. The van der Waals surface area contributed by atoms with Gasteiger partial charge in [-0.2, -0.15) is 13.2 Å². The monoisotopic (exact) mass is 322 g/mol. The Morgan fingerprint density at radius 2 is 1.78 bits per heavy atom. The molecule has 2 aromatic rings. The Balaban J connectivity index is 1.82. The standard InChI is InChI=1S/C16H17F3N4/c1-10(2)13-7-14(22-15(21-13)16(17,18)19)23-8-12(9-23)11-3-5-20-6-4-11/h3-7,10,12H,8-9H2,1-2H3. The first-order valence-electron chi connectivity index (χ1n) is 7.45. The molecule has 1 fully saturated rings. The molecule has 4 nitrogen and oxygen atoms in total. The summed E-state index contributed by atoms with van der Waals surface area (Å²) in [5.74, 6) is -0.507. The van der Waals surface area contributed by atoms with E-state index in [1.54, 1.807) is 18.5 Å². The molecule has 2 aromatic heterocycles. The van der Waals surface area contributed by atoms with Crippen LogP contribution in [0.25, 0.3) is 0 Å². The fourth-order valence-corrected chi connectivity index (χ4v) is 2.55.